The molecule has 0 aliphatic heterocycles. The maximum atomic E-state index is 13.1. The zero-order valence-electron chi connectivity index (χ0n) is 16.7. The number of ether oxygens (including phenoxy) is 2. The van der Waals surface area contributed by atoms with Crippen molar-refractivity contribution >= 4 is 12.3 Å². The normalized spacial score (nSPS) is 13.0. The standard InChI is InChI=1S/C18H12F9N5O2/c1-33-12-5-10(4-11(6-12)17(22,23)24)15-28-9-31(30-15)3-2-13-14(34-18(25,26)27)7-32(29-13)8-16(19,20)21/h2-7,9H,8H2,1H3/b3-2-. The zero-order valence-corrected chi connectivity index (χ0v) is 16.7. The molecule has 0 unspecified atom stereocenters. The second-order valence-corrected chi connectivity index (χ2v) is 6.55. The summed E-state index contributed by atoms with van der Waals surface area (Å²) in [5, 5.41) is 7.29. The van der Waals surface area contributed by atoms with E-state index in [9.17, 15) is 39.5 Å². The average Bonchev–Trinajstić information content (AvgIpc) is 3.29. The lowest BCUT2D eigenvalue weighted by atomic mass is 10.1. The van der Waals surface area contributed by atoms with Crippen molar-refractivity contribution in [1.29, 1.82) is 0 Å². The van der Waals surface area contributed by atoms with Gasteiger partial charge in [0.25, 0.3) is 0 Å². The third-order valence-corrected chi connectivity index (χ3v) is 3.94. The van der Waals surface area contributed by atoms with Crippen LogP contribution in [0.3, 0.4) is 0 Å². The predicted octanol–water partition coefficient (Wildman–Crippen LogP) is 5.26. The largest absolute Gasteiger partial charge is 0.573 e. The summed E-state index contributed by atoms with van der Waals surface area (Å²) < 4.78 is 124. The van der Waals surface area contributed by atoms with Crippen LogP contribution in [0.4, 0.5) is 39.5 Å². The predicted molar refractivity (Wildman–Crippen MR) is 97.2 cm³/mol. The van der Waals surface area contributed by atoms with Crippen LogP contribution in [-0.4, -0.2) is 44.2 Å². The summed E-state index contributed by atoms with van der Waals surface area (Å²) in [6, 6.07) is 2.76. The van der Waals surface area contributed by atoms with Gasteiger partial charge in [0.1, 0.15) is 24.3 Å². The molecule has 0 aliphatic rings. The van der Waals surface area contributed by atoms with Gasteiger partial charge in [-0.15, -0.1) is 18.3 Å². The highest BCUT2D eigenvalue weighted by molar-refractivity contribution is 5.63. The maximum Gasteiger partial charge on any atom is 0.573 e. The first-order valence-electron chi connectivity index (χ1n) is 8.89. The van der Waals surface area contributed by atoms with Gasteiger partial charge in [-0.25, -0.2) is 9.67 Å². The second-order valence-electron chi connectivity index (χ2n) is 6.55. The fourth-order valence-corrected chi connectivity index (χ4v) is 2.64. The van der Waals surface area contributed by atoms with E-state index in [1.807, 2.05) is 0 Å². The molecule has 0 radical (unpaired) electrons. The summed E-state index contributed by atoms with van der Waals surface area (Å²) in [4.78, 5) is 3.82. The SMILES string of the molecule is COc1cc(-c2ncn(/C=C\c3nn(CC(F)(F)F)cc3OC(F)(F)F)n2)cc(C(F)(F)F)c1. The molecule has 34 heavy (non-hydrogen) atoms. The highest BCUT2D eigenvalue weighted by atomic mass is 19.4. The molecule has 16 heteroatoms. The summed E-state index contributed by atoms with van der Waals surface area (Å²) in [5.41, 5.74) is -1.72. The highest BCUT2D eigenvalue weighted by Crippen LogP contribution is 2.35. The van der Waals surface area contributed by atoms with E-state index in [1.165, 1.54) is 6.07 Å². The summed E-state index contributed by atoms with van der Waals surface area (Å²) in [6.07, 6.45) is -11.4. The van der Waals surface area contributed by atoms with Gasteiger partial charge < -0.3 is 9.47 Å². The second kappa shape index (κ2) is 8.90. The van der Waals surface area contributed by atoms with E-state index in [0.29, 0.717) is 6.20 Å². The first-order valence-corrected chi connectivity index (χ1v) is 8.89. The van der Waals surface area contributed by atoms with Gasteiger partial charge in [0.05, 0.1) is 18.9 Å². The van der Waals surface area contributed by atoms with E-state index in [-0.39, 0.29) is 21.8 Å². The Hall–Kier alpha value is -3.72. The molecule has 184 valence electrons. The van der Waals surface area contributed by atoms with Crippen LogP contribution in [0.15, 0.2) is 30.7 Å². The number of alkyl halides is 9. The van der Waals surface area contributed by atoms with E-state index >= 15 is 0 Å². The topological polar surface area (TPSA) is 67.0 Å². The summed E-state index contributed by atoms with van der Waals surface area (Å²) in [5.74, 6) is -1.32. The van der Waals surface area contributed by atoms with Gasteiger partial charge in [-0.05, 0) is 24.3 Å². The summed E-state index contributed by atoms with van der Waals surface area (Å²) >= 11 is 0. The van der Waals surface area contributed by atoms with E-state index < -0.39 is 42.3 Å². The molecule has 0 spiro atoms. The molecule has 3 rings (SSSR count). The number of rotatable bonds is 6. The molecular weight excluding hydrogens is 489 g/mol. The van der Waals surface area contributed by atoms with E-state index in [0.717, 1.165) is 42.5 Å². The Morgan fingerprint density at radius 3 is 2.26 bits per heavy atom. The molecule has 3 aromatic rings. The minimum absolute atomic E-state index is 0.0747. The van der Waals surface area contributed by atoms with Crippen molar-refractivity contribution in [2.24, 2.45) is 0 Å². The third kappa shape index (κ3) is 6.64. The molecule has 2 heterocycles. The monoisotopic (exact) mass is 501 g/mol. The van der Waals surface area contributed by atoms with Gasteiger partial charge in [-0.1, -0.05) is 0 Å². The van der Waals surface area contributed by atoms with E-state index in [2.05, 4.69) is 19.9 Å². The van der Waals surface area contributed by atoms with Crippen LogP contribution in [0.1, 0.15) is 11.3 Å². The molecule has 0 amide bonds. The molecule has 0 saturated heterocycles. The Bertz CT molecular complexity index is 1180. The zero-order chi connectivity index (χ0) is 25.3. The number of methoxy groups -OCH3 is 1. The van der Waals surface area contributed by atoms with Crippen LogP contribution in [0.25, 0.3) is 23.7 Å². The van der Waals surface area contributed by atoms with Crippen molar-refractivity contribution in [3.63, 3.8) is 0 Å². The molecule has 7 nitrogen and oxygen atoms in total. The van der Waals surface area contributed by atoms with E-state index in [4.69, 9.17) is 4.74 Å². The van der Waals surface area contributed by atoms with Gasteiger partial charge in [-0.3, -0.25) is 4.68 Å². The maximum absolute atomic E-state index is 13.1. The fraction of sp³-hybridized carbons (Fsp3) is 0.278. The highest BCUT2D eigenvalue weighted by Gasteiger charge is 2.35. The Labute approximate surface area is 184 Å². The van der Waals surface area contributed by atoms with Crippen molar-refractivity contribution in [2.45, 2.75) is 25.3 Å². The molecule has 0 saturated carbocycles. The van der Waals surface area contributed by atoms with Crippen LogP contribution >= 0.6 is 0 Å². The lowest BCUT2D eigenvalue weighted by molar-refractivity contribution is -0.274. The number of aromatic nitrogens is 5. The molecule has 2 aromatic heterocycles. The Kier molecular flexibility index (Phi) is 6.53. The van der Waals surface area contributed by atoms with Crippen LogP contribution in [0.2, 0.25) is 0 Å². The van der Waals surface area contributed by atoms with Crippen LogP contribution in [0, 0.1) is 0 Å². The van der Waals surface area contributed by atoms with Crippen molar-refractivity contribution < 1.29 is 49.0 Å². The quantitative estimate of drug-likeness (QED) is 0.432. The number of hydrogen-bond acceptors (Lipinski definition) is 5. The van der Waals surface area contributed by atoms with Gasteiger partial charge >= 0.3 is 18.7 Å². The van der Waals surface area contributed by atoms with Gasteiger partial charge in [0.15, 0.2) is 11.6 Å². The molecule has 1 aromatic carbocycles. The van der Waals surface area contributed by atoms with Crippen molar-refractivity contribution in [3.05, 3.63) is 42.0 Å². The number of benzene rings is 1. The molecule has 0 N–H and O–H groups in total. The van der Waals surface area contributed by atoms with Gasteiger partial charge in [-0.2, -0.15) is 31.4 Å². The molecule has 0 bridgehead atoms. The summed E-state index contributed by atoms with van der Waals surface area (Å²) in [6.45, 7) is -1.67. The summed E-state index contributed by atoms with van der Waals surface area (Å²) in [7, 11) is 1.16. The molecule has 0 atom stereocenters. The lowest BCUT2D eigenvalue weighted by Crippen LogP contribution is -2.18. The average molecular weight is 501 g/mol. The number of hydrogen-bond donors (Lipinski definition) is 0. The first-order chi connectivity index (χ1) is 15.6. The van der Waals surface area contributed by atoms with Gasteiger partial charge in [0.2, 0.25) is 0 Å². The Balaban J connectivity index is 1.90. The van der Waals surface area contributed by atoms with Crippen molar-refractivity contribution in [3.8, 4) is 22.9 Å². The third-order valence-electron chi connectivity index (χ3n) is 3.94. The Morgan fingerprint density at radius 1 is 0.971 bits per heavy atom. The van der Waals surface area contributed by atoms with Crippen molar-refractivity contribution in [2.75, 3.05) is 7.11 Å². The van der Waals surface area contributed by atoms with Crippen LogP contribution < -0.4 is 9.47 Å². The Morgan fingerprint density at radius 2 is 1.68 bits per heavy atom. The van der Waals surface area contributed by atoms with Gasteiger partial charge in [0, 0.05) is 11.8 Å². The van der Waals surface area contributed by atoms with Crippen LogP contribution in [-0.2, 0) is 12.7 Å². The van der Waals surface area contributed by atoms with Crippen molar-refractivity contribution in [1.82, 2.24) is 24.5 Å². The smallest absolute Gasteiger partial charge is 0.497 e. The first kappa shape index (κ1) is 24.9. The molecule has 0 aliphatic carbocycles. The van der Waals surface area contributed by atoms with Crippen LogP contribution in [0.5, 0.6) is 11.5 Å². The molecular formula is C18H12F9N5O2. The minimum atomic E-state index is -5.20. The van der Waals surface area contributed by atoms with E-state index in [1.54, 1.807) is 0 Å². The number of nitrogens with zero attached hydrogens (tertiary/aromatic N) is 5. The minimum Gasteiger partial charge on any atom is -0.497 e. The lowest BCUT2D eigenvalue weighted by Gasteiger charge is -2.10. The fourth-order valence-electron chi connectivity index (χ4n) is 2.64. The number of halogens is 9. The molecule has 0 fully saturated rings.